The second kappa shape index (κ2) is 10.6. The predicted molar refractivity (Wildman–Crippen MR) is 109 cm³/mol. The zero-order chi connectivity index (χ0) is 19.1. The summed E-state index contributed by atoms with van der Waals surface area (Å²) in [7, 11) is 0. The molecule has 0 aromatic rings. The molecule has 3 rings (SSSR count). The third kappa shape index (κ3) is 6.04. The number of hydrogen-bond donors (Lipinski definition) is 2. The maximum absolute atomic E-state index is 6.07. The zero-order valence-electron chi connectivity index (χ0n) is 17.5. The first kappa shape index (κ1) is 20.8. The Bertz CT molecular complexity index is 467. The lowest BCUT2D eigenvalue weighted by atomic mass is 10.0. The van der Waals surface area contributed by atoms with Crippen LogP contribution in [0.3, 0.4) is 0 Å². The normalized spacial score (nSPS) is 29.0. The van der Waals surface area contributed by atoms with Crippen LogP contribution in [0.15, 0.2) is 4.99 Å². The van der Waals surface area contributed by atoms with Crippen molar-refractivity contribution in [1.82, 2.24) is 20.4 Å². The van der Waals surface area contributed by atoms with Crippen LogP contribution in [-0.2, 0) is 9.47 Å². The smallest absolute Gasteiger partial charge is 0.191 e. The van der Waals surface area contributed by atoms with E-state index in [1.165, 1.54) is 19.4 Å². The van der Waals surface area contributed by atoms with Gasteiger partial charge in [0.2, 0.25) is 0 Å². The molecular formula is C20H39N5O2. The number of nitrogens with one attached hydrogen (secondary N) is 2. The van der Waals surface area contributed by atoms with Crippen molar-refractivity contribution in [3.63, 3.8) is 0 Å². The van der Waals surface area contributed by atoms with Crippen LogP contribution in [0.1, 0.15) is 33.6 Å². The van der Waals surface area contributed by atoms with Crippen LogP contribution in [0.4, 0.5) is 0 Å². The number of hydrogen-bond acceptors (Lipinski definition) is 5. The molecule has 156 valence electrons. The van der Waals surface area contributed by atoms with Gasteiger partial charge in [-0.15, -0.1) is 0 Å². The standard InChI is InChI=1S/C20H39N5O2/c1-4-21-20(22-12-18-14-25-7-5-6-17(25)15-27-18)23-13-19(16(2)3)24-8-10-26-11-9-24/h16-19H,4-15H2,1-3H3,(H2,21,22,23). The molecule has 27 heavy (non-hydrogen) atoms. The van der Waals surface area contributed by atoms with Crippen LogP contribution < -0.4 is 10.6 Å². The first-order valence-electron chi connectivity index (χ1n) is 10.9. The summed E-state index contributed by atoms with van der Waals surface area (Å²) in [6.45, 7) is 16.0. The van der Waals surface area contributed by atoms with Gasteiger partial charge in [-0.05, 0) is 32.2 Å². The molecule has 0 aliphatic carbocycles. The van der Waals surface area contributed by atoms with Crippen molar-refractivity contribution in [2.45, 2.75) is 51.8 Å². The second-order valence-corrected chi connectivity index (χ2v) is 8.31. The van der Waals surface area contributed by atoms with Crippen molar-refractivity contribution < 1.29 is 9.47 Å². The summed E-state index contributed by atoms with van der Waals surface area (Å²) in [6.07, 6.45) is 2.86. The van der Waals surface area contributed by atoms with E-state index >= 15 is 0 Å². The van der Waals surface area contributed by atoms with E-state index in [1.807, 2.05) is 0 Å². The minimum absolute atomic E-state index is 0.253. The molecule has 3 unspecified atom stereocenters. The summed E-state index contributed by atoms with van der Waals surface area (Å²) in [4.78, 5) is 10.0. The lowest BCUT2D eigenvalue weighted by Crippen LogP contribution is -2.52. The van der Waals surface area contributed by atoms with E-state index in [0.717, 1.165) is 65.0 Å². The molecule has 3 fully saturated rings. The molecule has 0 saturated carbocycles. The van der Waals surface area contributed by atoms with Crippen molar-refractivity contribution in [3.8, 4) is 0 Å². The van der Waals surface area contributed by atoms with E-state index in [2.05, 4.69) is 41.2 Å². The van der Waals surface area contributed by atoms with Crippen molar-refractivity contribution in [2.24, 2.45) is 10.9 Å². The number of fused-ring (bicyclic) bond motifs is 1. The van der Waals surface area contributed by atoms with Crippen LogP contribution in [-0.4, -0.2) is 99.6 Å². The number of ether oxygens (including phenoxy) is 2. The number of nitrogens with zero attached hydrogens (tertiary/aromatic N) is 3. The average molecular weight is 382 g/mol. The SMILES string of the molecule is CCNC(=NCC(C(C)C)N1CCOCC1)NCC1CN2CCCC2CO1. The quantitative estimate of drug-likeness (QED) is 0.502. The van der Waals surface area contributed by atoms with Gasteiger partial charge >= 0.3 is 0 Å². The van der Waals surface area contributed by atoms with Crippen LogP contribution in [0.5, 0.6) is 0 Å². The van der Waals surface area contributed by atoms with Crippen molar-refractivity contribution in [3.05, 3.63) is 0 Å². The minimum atomic E-state index is 0.253. The van der Waals surface area contributed by atoms with E-state index in [1.54, 1.807) is 0 Å². The van der Waals surface area contributed by atoms with Crippen LogP contribution in [0.25, 0.3) is 0 Å². The lowest BCUT2D eigenvalue weighted by molar-refractivity contribution is -0.0453. The zero-order valence-corrected chi connectivity index (χ0v) is 17.5. The van der Waals surface area contributed by atoms with Crippen molar-refractivity contribution in [2.75, 3.05) is 65.6 Å². The van der Waals surface area contributed by atoms with Gasteiger partial charge < -0.3 is 20.1 Å². The van der Waals surface area contributed by atoms with E-state index in [4.69, 9.17) is 14.5 Å². The Morgan fingerprint density at radius 1 is 1.19 bits per heavy atom. The topological polar surface area (TPSA) is 61.4 Å². The molecule has 3 atom stereocenters. The summed E-state index contributed by atoms with van der Waals surface area (Å²) >= 11 is 0. The third-order valence-electron chi connectivity index (χ3n) is 6.02. The fourth-order valence-electron chi connectivity index (χ4n) is 4.40. The van der Waals surface area contributed by atoms with Gasteiger partial charge in [0.25, 0.3) is 0 Å². The summed E-state index contributed by atoms with van der Waals surface area (Å²) in [5.41, 5.74) is 0. The van der Waals surface area contributed by atoms with Crippen molar-refractivity contribution >= 4 is 5.96 Å². The summed E-state index contributed by atoms with van der Waals surface area (Å²) in [5.74, 6) is 1.48. The lowest BCUT2D eigenvalue weighted by Gasteiger charge is -2.36. The molecular weight excluding hydrogens is 342 g/mol. The van der Waals surface area contributed by atoms with Gasteiger partial charge in [-0.3, -0.25) is 14.8 Å². The van der Waals surface area contributed by atoms with Crippen LogP contribution in [0, 0.1) is 5.92 Å². The van der Waals surface area contributed by atoms with Gasteiger partial charge in [-0.25, -0.2) is 0 Å². The Kier molecular flexibility index (Phi) is 8.18. The highest BCUT2D eigenvalue weighted by atomic mass is 16.5. The molecule has 0 amide bonds. The van der Waals surface area contributed by atoms with E-state index in [9.17, 15) is 0 Å². The third-order valence-corrected chi connectivity index (χ3v) is 6.02. The molecule has 0 aromatic heterocycles. The number of aliphatic imine (C=N–C) groups is 1. The molecule has 0 bridgehead atoms. The van der Waals surface area contributed by atoms with Gasteiger partial charge in [0, 0.05) is 44.8 Å². The fraction of sp³-hybridized carbons (Fsp3) is 0.950. The van der Waals surface area contributed by atoms with Gasteiger partial charge in [-0.1, -0.05) is 13.8 Å². The second-order valence-electron chi connectivity index (χ2n) is 8.31. The molecule has 7 heteroatoms. The molecule has 0 spiro atoms. The monoisotopic (exact) mass is 381 g/mol. The molecule has 3 heterocycles. The molecule has 3 aliphatic rings. The molecule has 3 saturated heterocycles. The van der Waals surface area contributed by atoms with Crippen LogP contribution in [0.2, 0.25) is 0 Å². The van der Waals surface area contributed by atoms with Gasteiger partial charge in [0.1, 0.15) is 0 Å². The number of morpholine rings is 2. The van der Waals surface area contributed by atoms with Crippen LogP contribution >= 0.6 is 0 Å². The Labute approximate surface area is 164 Å². The predicted octanol–water partition coefficient (Wildman–Crippen LogP) is 0.762. The summed E-state index contributed by atoms with van der Waals surface area (Å²) in [5, 5.41) is 6.90. The summed E-state index contributed by atoms with van der Waals surface area (Å²) < 4.78 is 11.6. The van der Waals surface area contributed by atoms with Gasteiger partial charge in [-0.2, -0.15) is 0 Å². The first-order valence-corrected chi connectivity index (χ1v) is 10.9. The maximum atomic E-state index is 6.07. The summed E-state index contributed by atoms with van der Waals surface area (Å²) in [6, 6.07) is 1.11. The van der Waals surface area contributed by atoms with E-state index in [-0.39, 0.29) is 6.10 Å². The minimum Gasteiger partial charge on any atom is -0.379 e. The highest BCUT2D eigenvalue weighted by molar-refractivity contribution is 5.79. The Hall–Kier alpha value is -0.890. The van der Waals surface area contributed by atoms with Gasteiger partial charge in [0.15, 0.2) is 5.96 Å². The Morgan fingerprint density at radius 3 is 2.74 bits per heavy atom. The first-order chi connectivity index (χ1) is 13.2. The van der Waals surface area contributed by atoms with E-state index < -0.39 is 0 Å². The molecule has 3 aliphatic heterocycles. The van der Waals surface area contributed by atoms with Gasteiger partial charge in [0.05, 0.1) is 32.5 Å². The highest BCUT2D eigenvalue weighted by Crippen LogP contribution is 2.22. The Morgan fingerprint density at radius 2 is 2.00 bits per heavy atom. The molecule has 0 radical (unpaired) electrons. The Balaban J connectivity index is 1.50. The van der Waals surface area contributed by atoms with Crippen molar-refractivity contribution in [1.29, 1.82) is 0 Å². The largest absolute Gasteiger partial charge is 0.379 e. The average Bonchev–Trinajstić information content (AvgIpc) is 3.14. The highest BCUT2D eigenvalue weighted by Gasteiger charge is 2.32. The molecule has 2 N–H and O–H groups in total. The number of guanidine groups is 1. The molecule has 0 aromatic carbocycles. The fourth-order valence-corrected chi connectivity index (χ4v) is 4.40. The van der Waals surface area contributed by atoms with E-state index in [0.29, 0.717) is 18.0 Å². The maximum Gasteiger partial charge on any atom is 0.191 e. The number of rotatable bonds is 7. The molecule has 7 nitrogen and oxygen atoms in total.